The van der Waals surface area contributed by atoms with Gasteiger partial charge in [0.1, 0.15) is 5.82 Å². The molecule has 0 aliphatic carbocycles. The van der Waals surface area contributed by atoms with E-state index in [1.54, 1.807) is 13.1 Å². The molecule has 1 aromatic carbocycles. The zero-order valence-corrected chi connectivity index (χ0v) is 7.61. The van der Waals surface area contributed by atoms with Crippen LogP contribution in [0.1, 0.15) is 5.56 Å². The lowest BCUT2D eigenvalue weighted by molar-refractivity contribution is 0.159. The van der Waals surface area contributed by atoms with Gasteiger partial charge in [0.2, 0.25) is 0 Å². The van der Waals surface area contributed by atoms with E-state index in [2.05, 4.69) is 10.3 Å². The molecule has 14 heavy (non-hydrogen) atoms. The average Bonchev–Trinajstić information content (AvgIpc) is 2.48. The van der Waals surface area contributed by atoms with E-state index >= 15 is 0 Å². The number of halogens is 2. The number of hydrogen-bond acceptors (Lipinski definition) is 3. The van der Waals surface area contributed by atoms with E-state index in [0.29, 0.717) is 0 Å². The van der Waals surface area contributed by atoms with Crippen molar-refractivity contribution >= 4 is 0 Å². The molecule has 1 aromatic rings. The topological polar surface area (TPSA) is 28.0 Å². The molecule has 0 bridgehead atoms. The first-order chi connectivity index (χ1) is 6.62. The second-order valence-electron chi connectivity index (χ2n) is 3.24. The van der Waals surface area contributed by atoms with Gasteiger partial charge in [0.05, 0.1) is 12.1 Å². The van der Waals surface area contributed by atoms with E-state index in [0.717, 1.165) is 0 Å². The van der Waals surface area contributed by atoms with E-state index in [-0.39, 0.29) is 12.1 Å². The Balaban J connectivity index is 2.41. The van der Waals surface area contributed by atoms with Crippen molar-refractivity contribution in [2.45, 2.75) is 5.79 Å². The molecule has 0 saturated carbocycles. The third kappa shape index (κ3) is 1.34. The molecule has 5 heteroatoms. The molecule has 0 saturated heterocycles. The molecule has 3 nitrogen and oxygen atoms in total. The minimum atomic E-state index is -2.04. The molecule has 0 spiro atoms. The molecule has 0 aromatic heterocycles. The summed E-state index contributed by atoms with van der Waals surface area (Å²) in [6.45, 7) is -0.0477. The summed E-state index contributed by atoms with van der Waals surface area (Å²) in [5, 5.41) is 8.29. The fraction of sp³-hybridized carbons (Fsp3) is 0.333. The summed E-state index contributed by atoms with van der Waals surface area (Å²) in [5.41, 5.74) is -0.0619. The fourth-order valence-electron chi connectivity index (χ4n) is 1.42. The normalized spacial score (nSPS) is 25.8. The molecule has 1 heterocycles. The molecule has 74 valence electrons. The number of rotatable bonds is 1. The Kier molecular flexibility index (Phi) is 1.94. The van der Waals surface area contributed by atoms with Crippen LogP contribution in [0.4, 0.5) is 8.78 Å². The van der Waals surface area contributed by atoms with Gasteiger partial charge in [-0.3, -0.25) is 5.01 Å². The Morgan fingerprint density at radius 3 is 2.71 bits per heavy atom. The third-order valence-corrected chi connectivity index (χ3v) is 2.08. The monoisotopic (exact) mass is 197 g/mol. The number of nitrogens with zero attached hydrogens (tertiary/aromatic N) is 3. The fourth-order valence-corrected chi connectivity index (χ4v) is 1.42. The summed E-state index contributed by atoms with van der Waals surface area (Å²) in [6.07, 6.45) is 0. The van der Waals surface area contributed by atoms with Gasteiger partial charge in [0, 0.05) is 7.05 Å². The summed E-state index contributed by atoms with van der Waals surface area (Å²) in [7, 11) is 1.59. The van der Waals surface area contributed by atoms with Gasteiger partial charge in [0.15, 0.2) is 0 Å². The maximum atomic E-state index is 14.0. The summed E-state index contributed by atoms with van der Waals surface area (Å²) < 4.78 is 27.3. The van der Waals surface area contributed by atoms with E-state index in [9.17, 15) is 8.78 Å². The van der Waals surface area contributed by atoms with Crippen LogP contribution >= 0.6 is 0 Å². The van der Waals surface area contributed by atoms with Crippen molar-refractivity contribution in [3.63, 3.8) is 0 Å². The Hall–Kier alpha value is -1.52. The minimum absolute atomic E-state index is 0.0477. The van der Waals surface area contributed by atoms with E-state index in [1.165, 1.54) is 23.2 Å². The highest BCUT2D eigenvalue weighted by molar-refractivity contribution is 5.24. The van der Waals surface area contributed by atoms with Crippen molar-refractivity contribution in [1.29, 1.82) is 0 Å². The first-order valence-corrected chi connectivity index (χ1v) is 4.20. The van der Waals surface area contributed by atoms with Crippen LogP contribution in [0.2, 0.25) is 0 Å². The van der Waals surface area contributed by atoms with Gasteiger partial charge in [-0.25, -0.2) is 8.78 Å². The molecule has 1 aliphatic rings. The smallest absolute Gasteiger partial charge is 0.268 e. The Morgan fingerprint density at radius 2 is 2.14 bits per heavy atom. The SMILES string of the molecule is CN1CC(F)(c2ccccc2F)N=N1. The van der Waals surface area contributed by atoms with Crippen molar-refractivity contribution < 1.29 is 8.78 Å². The van der Waals surface area contributed by atoms with Crippen molar-refractivity contribution in [3.05, 3.63) is 35.6 Å². The highest BCUT2D eigenvalue weighted by Crippen LogP contribution is 2.34. The van der Waals surface area contributed by atoms with Gasteiger partial charge in [-0.05, 0) is 6.07 Å². The number of benzene rings is 1. The minimum Gasteiger partial charge on any atom is -0.276 e. The van der Waals surface area contributed by atoms with Crippen LogP contribution in [0.15, 0.2) is 34.6 Å². The van der Waals surface area contributed by atoms with Crippen molar-refractivity contribution in [2.24, 2.45) is 10.3 Å². The summed E-state index contributed by atoms with van der Waals surface area (Å²) in [6, 6.07) is 5.68. The average molecular weight is 197 g/mol. The second kappa shape index (κ2) is 3.01. The predicted molar refractivity (Wildman–Crippen MR) is 46.7 cm³/mol. The standard InChI is InChI=1S/C9H9F2N3/c1-14-6-9(11,12-13-14)7-4-2-3-5-8(7)10/h2-5H,6H2,1H3. The van der Waals surface area contributed by atoms with E-state index in [1.807, 2.05) is 0 Å². The van der Waals surface area contributed by atoms with Gasteiger partial charge in [-0.1, -0.05) is 23.4 Å². The molecule has 0 radical (unpaired) electrons. The second-order valence-corrected chi connectivity index (χ2v) is 3.24. The highest BCUT2D eigenvalue weighted by atomic mass is 19.2. The van der Waals surface area contributed by atoms with Crippen LogP contribution in [0.5, 0.6) is 0 Å². The summed E-state index contributed by atoms with van der Waals surface area (Å²) in [5.74, 6) is -2.63. The predicted octanol–water partition coefficient (Wildman–Crippen LogP) is 2.26. The molecule has 0 N–H and O–H groups in total. The zero-order valence-electron chi connectivity index (χ0n) is 7.61. The lowest BCUT2D eigenvalue weighted by Gasteiger charge is -2.16. The molecule has 0 amide bonds. The van der Waals surface area contributed by atoms with E-state index < -0.39 is 11.6 Å². The number of likely N-dealkylation sites (N-methyl/N-ethyl adjacent to an activating group) is 1. The molecule has 1 unspecified atom stereocenters. The van der Waals surface area contributed by atoms with Crippen molar-refractivity contribution in [3.8, 4) is 0 Å². The summed E-state index contributed by atoms with van der Waals surface area (Å²) in [4.78, 5) is 0. The van der Waals surface area contributed by atoms with Crippen LogP contribution in [0.25, 0.3) is 0 Å². The van der Waals surface area contributed by atoms with E-state index in [4.69, 9.17) is 0 Å². The molecule has 1 atom stereocenters. The van der Waals surface area contributed by atoms with Crippen LogP contribution in [0, 0.1) is 5.82 Å². The van der Waals surface area contributed by atoms with Crippen LogP contribution in [-0.2, 0) is 5.79 Å². The molecule has 1 aliphatic heterocycles. The Labute approximate surface area is 80.0 Å². The van der Waals surface area contributed by atoms with Crippen molar-refractivity contribution in [1.82, 2.24) is 5.01 Å². The first-order valence-electron chi connectivity index (χ1n) is 4.20. The lowest BCUT2D eigenvalue weighted by Crippen LogP contribution is -2.26. The Bertz CT molecular complexity index is 380. The van der Waals surface area contributed by atoms with Crippen molar-refractivity contribution in [2.75, 3.05) is 13.6 Å². The molecule has 0 fully saturated rings. The quantitative estimate of drug-likeness (QED) is 0.634. The molecular weight excluding hydrogens is 188 g/mol. The third-order valence-electron chi connectivity index (χ3n) is 2.08. The van der Waals surface area contributed by atoms with Crippen LogP contribution in [0.3, 0.4) is 0 Å². The maximum Gasteiger partial charge on any atom is 0.268 e. The molecule has 2 rings (SSSR count). The zero-order chi connectivity index (χ0) is 10.2. The van der Waals surface area contributed by atoms with Gasteiger partial charge in [-0.15, -0.1) is 5.11 Å². The van der Waals surface area contributed by atoms with Gasteiger partial charge >= 0.3 is 0 Å². The number of hydrogen-bond donors (Lipinski definition) is 0. The lowest BCUT2D eigenvalue weighted by atomic mass is 10.0. The highest BCUT2D eigenvalue weighted by Gasteiger charge is 2.39. The van der Waals surface area contributed by atoms with Gasteiger partial charge in [0.25, 0.3) is 5.79 Å². The Morgan fingerprint density at radius 1 is 1.43 bits per heavy atom. The summed E-state index contributed by atoms with van der Waals surface area (Å²) >= 11 is 0. The van der Waals surface area contributed by atoms with Crippen LogP contribution in [-0.4, -0.2) is 18.6 Å². The van der Waals surface area contributed by atoms with Crippen LogP contribution < -0.4 is 0 Å². The van der Waals surface area contributed by atoms with Gasteiger partial charge < -0.3 is 0 Å². The largest absolute Gasteiger partial charge is 0.276 e. The maximum absolute atomic E-state index is 14.0. The van der Waals surface area contributed by atoms with Gasteiger partial charge in [-0.2, -0.15) is 0 Å². The first kappa shape index (κ1) is 9.05. The molecular formula is C9H9F2N3. The number of alkyl halides is 1.